The maximum atomic E-state index is 11.0. The molecular formula is C8H9BrN2O2. The van der Waals surface area contributed by atoms with Crippen LogP contribution in [0.25, 0.3) is 0 Å². The van der Waals surface area contributed by atoms with Crippen LogP contribution in [0.1, 0.15) is 0 Å². The average molecular weight is 245 g/mol. The Balaban J connectivity index is 2.81. The first-order chi connectivity index (χ1) is 6.27. The Hall–Kier alpha value is -1.10. The smallest absolute Gasteiger partial charge is 0.237 e. The van der Waals surface area contributed by atoms with Crippen molar-refractivity contribution in [2.24, 2.45) is 0 Å². The van der Waals surface area contributed by atoms with Crippen molar-refractivity contribution >= 4 is 27.5 Å². The maximum absolute atomic E-state index is 11.0. The molecule has 1 rings (SSSR count). The third kappa shape index (κ3) is 2.69. The predicted octanol–water partition coefficient (Wildman–Crippen LogP) is 1.42. The summed E-state index contributed by atoms with van der Waals surface area (Å²) in [6, 6.07) is 3.46. The molecule has 0 bridgehead atoms. The lowest BCUT2D eigenvalue weighted by atomic mass is 10.4. The fourth-order valence-electron chi connectivity index (χ4n) is 0.832. The molecule has 0 saturated carbocycles. The van der Waals surface area contributed by atoms with Gasteiger partial charge in [0.05, 0.1) is 12.4 Å². The number of halogens is 1. The summed E-state index contributed by atoms with van der Waals surface area (Å²) in [4.78, 5) is 14.9. The Kier molecular flexibility index (Phi) is 3.70. The Morgan fingerprint density at radius 1 is 1.77 bits per heavy atom. The van der Waals surface area contributed by atoms with Crippen LogP contribution in [-0.4, -0.2) is 23.3 Å². The van der Waals surface area contributed by atoms with Crippen molar-refractivity contribution in [2.45, 2.75) is 0 Å². The van der Waals surface area contributed by atoms with Crippen LogP contribution in [0.15, 0.2) is 18.3 Å². The van der Waals surface area contributed by atoms with Crippen molar-refractivity contribution in [1.82, 2.24) is 4.98 Å². The van der Waals surface area contributed by atoms with Crippen LogP contribution in [0.5, 0.6) is 5.88 Å². The number of carbonyl (C=O) groups is 1. The van der Waals surface area contributed by atoms with Crippen LogP contribution in [0.2, 0.25) is 0 Å². The molecule has 0 radical (unpaired) electrons. The Bertz CT molecular complexity index is 304. The van der Waals surface area contributed by atoms with Crippen LogP contribution in [0.3, 0.4) is 0 Å². The maximum Gasteiger partial charge on any atom is 0.237 e. The third-order valence-electron chi connectivity index (χ3n) is 1.36. The summed E-state index contributed by atoms with van der Waals surface area (Å²) in [5.74, 6) is 0.281. The van der Waals surface area contributed by atoms with Crippen molar-refractivity contribution in [3.8, 4) is 5.88 Å². The number of hydrogen-bond donors (Lipinski definition) is 1. The summed E-state index contributed by atoms with van der Waals surface area (Å²) >= 11 is 3.05. The number of amides is 1. The van der Waals surface area contributed by atoms with Crippen LogP contribution >= 0.6 is 15.9 Å². The monoisotopic (exact) mass is 244 g/mol. The zero-order valence-corrected chi connectivity index (χ0v) is 8.67. The molecule has 4 nitrogen and oxygen atoms in total. The van der Waals surface area contributed by atoms with E-state index in [4.69, 9.17) is 4.74 Å². The van der Waals surface area contributed by atoms with E-state index < -0.39 is 0 Å². The number of nitrogens with zero attached hydrogens (tertiary/aromatic N) is 1. The Morgan fingerprint density at radius 2 is 2.54 bits per heavy atom. The van der Waals surface area contributed by atoms with Crippen molar-refractivity contribution in [3.05, 3.63) is 18.3 Å². The second-order valence-corrected chi connectivity index (χ2v) is 2.80. The summed E-state index contributed by atoms with van der Waals surface area (Å²) in [5, 5.41) is 2.89. The summed E-state index contributed by atoms with van der Waals surface area (Å²) < 4.78 is 4.95. The van der Waals surface area contributed by atoms with Gasteiger partial charge in [0.1, 0.15) is 5.69 Å². The number of carbonyl (C=O) groups excluding carboxylic acids is 1. The number of hydrogen-bond acceptors (Lipinski definition) is 3. The molecule has 1 aromatic heterocycles. The number of rotatable bonds is 3. The van der Waals surface area contributed by atoms with Crippen LogP contribution in [0.4, 0.5) is 5.69 Å². The molecule has 1 aromatic rings. The topological polar surface area (TPSA) is 51.2 Å². The Labute approximate surface area is 84.4 Å². The highest BCUT2D eigenvalue weighted by Gasteiger charge is 2.05. The number of pyridine rings is 1. The number of aromatic nitrogens is 1. The second-order valence-electron chi connectivity index (χ2n) is 2.24. The molecule has 0 aliphatic rings. The lowest BCUT2D eigenvalue weighted by Gasteiger charge is -2.06. The predicted molar refractivity (Wildman–Crippen MR) is 53.2 cm³/mol. The van der Waals surface area contributed by atoms with Crippen molar-refractivity contribution in [2.75, 3.05) is 17.8 Å². The molecule has 5 heteroatoms. The molecule has 0 aliphatic heterocycles. The van der Waals surface area contributed by atoms with Gasteiger partial charge in [-0.05, 0) is 12.1 Å². The summed E-state index contributed by atoms with van der Waals surface area (Å²) in [5.41, 5.74) is 0.578. The molecule has 0 unspecified atom stereocenters. The normalized spacial score (nSPS) is 9.38. The fourth-order valence-corrected chi connectivity index (χ4v) is 0.972. The summed E-state index contributed by atoms with van der Waals surface area (Å²) in [6.07, 6.45) is 1.60. The van der Waals surface area contributed by atoms with Gasteiger partial charge in [-0.2, -0.15) is 0 Å². The number of nitrogens with one attached hydrogen (secondary N) is 1. The largest absolute Gasteiger partial charge is 0.480 e. The SMILES string of the molecule is COc1ncccc1NC(=O)CBr. The summed E-state index contributed by atoms with van der Waals surface area (Å²) in [6.45, 7) is 0. The van der Waals surface area contributed by atoms with Gasteiger partial charge in [0, 0.05) is 6.20 Å². The molecule has 0 spiro atoms. The van der Waals surface area contributed by atoms with Gasteiger partial charge in [0.25, 0.3) is 0 Å². The summed E-state index contributed by atoms with van der Waals surface area (Å²) in [7, 11) is 1.51. The van der Waals surface area contributed by atoms with E-state index in [9.17, 15) is 4.79 Å². The molecule has 0 aromatic carbocycles. The van der Waals surface area contributed by atoms with E-state index in [1.165, 1.54) is 7.11 Å². The third-order valence-corrected chi connectivity index (χ3v) is 1.87. The van der Waals surface area contributed by atoms with Gasteiger partial charge >= 0.3 is 0 Å². The van der Waals surface area contributed by atoms with E-state index in [1.807, 2.05) is 0 Å². The average Bonchev–Trinajstić information content (AvgIpc) is 2.18. The molecule has 0 saturated heterocycles. The van der Waals surface area contributed by atoms with Gasteiger partial charge in [0.15, 0.2) is 0 Å². The highest BCUT2D eigenvalue weighted by Crippen LogP contribution is 2.19. The molecule has 0 atom stereocenters. The molecule has 1 N–H and O–H groups in total. The molecular weight excluding hydrogens is 236 g/mol. The number of anilines is 1. The quantitative estimate of drug-likeness (QED) is 0.819. The zero-order valence-electron chi connectivity index (χ0n) is 7.08. The lowest BCUT2D eigenvalue weighted by Crippen LogP contribution is -2.13. The van der Waals surface area contributed by atoms with E-state index in [1.54, 1.807) is 18.3 Å². The number of alkyl halides is 1. The van der Waals surface area contributed by atoms with Crippen molar-refractivity contribution in [1.29, 1.82) is 0 Å². The first-order valence-electron chi connectivity index (χ1n) is 3.62. The van der Waals surface area contributed by atoms with Gasteiger partial charge in [-0.1, -0.05) is 15.9 Å². The number of ether oxygens (including phenoxy) is 1. The van der Waals surface area contributed by atoms with E-state index in [2.05, 4.69) is 26.2 Å². The van der Waals surface area contributed by atoms with Gasteiger partial charge in [-0.15, -0.1) is 0 Å². The highest BCUT2D eigenvalue weighted by atomic mass is 79.9. The highest BCUT2D eigenvalue weighted by molar-refractivity contribution is 9.09. The van der Waals surface area contributed by atoms with Crippen LogP contribution in [0, 0.1) is 0 Å². The van der Waals surface area contributed by atoms with Crippen LogP contribution < -0.4 is 10.1 Å². The van der Waals surface area contributed by atoms with E-state index >= 15 is 0 Å². The first kappa shape index (κ1) is 9.98. The standard InChI is InChI=1S/C8H9BrN2O2/c1-13-8-6(3-2-4-10-8)11-7(12)5-9/h2-4H,5H2,1H3,(H,11,12). The van der Waals surface area contributed by atoms with E-state index in [-0.39, 0.29) is 11.2 Å². The first-order valence-corrected chi connectivity index (χ1v) is 4.75. The fraction of sp³-hybridized carbons (Fsp3) is 0.250. The van der Waals surface area contributed by atoms with Crippen molar-refractivity contribution < 1.29 is 9.53 Å². The minimum absolute atomic E-state index is 0.133. The van der Waals surface area contributed by atoms with Gasteiger partial charge in [-0.3, -0.25) is 4.79 Å². The minimum atomic E-state index is -0.133. The number of methoxy groups -OCH3 is 1. The molecule has 0 aliphatic carbocycles. The van der Waals surface area contributed by atoms with Gasteiger partial charge in [-0.25, -0.2) is 4.98 Å². The molecule has 0 fully saturated rings. The Morgan fingerprint density at radius 3 is 3.15 bits per heavy atom. The molecule has 70 valence electrons. The molecule has 13 heavy (non-hydrogen) atoms. The van der Waals surface area contributed by atoms with E-state index in [0.29, 0.717) is 11.6 Å². The van der Waals surface area contributed by atoms with Crippen LogP contribution in [-0.2, 0) is 4.79 Å². The van der Waals surface area contributed by atoms with Gasteiger partial charge < -0.3 is 10.1 Å². The molecule has 1 heterocycles. The van der Waals surface area contributed by atoms with Gasteiger partial charge in [0.2, 0.25) is 11.8 Å². The van der Waals surface area contributed by atoms with E-state index in [0.717, 1.165) is 0 Å². The molecule has 1 amide bonds. The zero-order chi connectivity index (χ0) is 9.68. The minimum Gasteiger partial charge on any atom is -0.480 e. The van der Waals surface area contributed by atoms with Crippen molar-refractivity contribution in [3.63, 3.8) is 0 Å². The second kappa shape index (κ2) is 4.81. The lowest BCUT2D eigenvalue weighted by molar-refractivity contribution is -0.113.